The van der Waals surface area contributed by atoms with Gasteiger partial charge in [-0.05, 0) is 0 Å². The van der Waals surface area contributed by atoms with Crippen molar-refractivity contribution in [2.75, 3.05) is 0 Å². The number of rotatable bonds is 1. The standard InChI is InChI=1S/C7H5BrO.Cr/c8-7-3-1-6(5-9)2-4-7;/h1-4,9H;. The molecule has 0 aliphatic rings. The van der Waals surface area contributed by atoms with Crippen molar-refractivity contribution in [1.29, 1.82) is 0 Å². The monoisotopic (exact) mass is 236 g/mol. The summed E-state index contributed by atoms with van der Waals surface area (Å²) in [7, 11) is 0. The Hall–Kier alpha value is 0.0625. The minimum atomic E-state index is 0.229. The van der Waals surface area contributed by atoms with Gasteiger partial charge in [-0.3, -0.25) is 0 Å². The van der Waals surface area contributed by atoms with Crippen molar-refractivity contribution in [2.45, 2.75) is 0 Å². The zero-order valence-corrected chi connectivity index (χ0v) is 7.90. The molecule has 0 radical (unpaired) electrons. The predicted octanol–water partition coefficient (Wildman–Crippen LogP) is 1.85. The summed E-state index contributed by atoms with van der Waals surface area (Å²) in [5, 5.41) is 8.96. The van der Waals surface area contributed by atoms with Gasteiger partial charge in [0.2, 0.25) is 0 Å². The molecule has 3 heteroatoms. The van der Waals surface area contributed by atoms with Crippen LogP contribution in [0.3, 0.4) is 0 Å². The van der Waals surface area contributed by atoms with Crippen molar-refractivity contribution >= 4 is 20.5 Å². The van der Waals surface area contributed by atoms with Crippen LogP contribution in [0.5, 0.6) is 0 Å². The summed E-state index contributed by atoms with van der Waals surface area (Å²) in [6, 6.07) is 7.41. The molecule has 0 aromatic heterocycles. The number of hydrogen-bond donors (Lipinski definition) is 1. The van der Waals surface area contributed by atoms with E-state index in [0.717, 1.165) is 10.0 Å². The Balaban J connectivity index is 3.00. The Morgan fingerprint density at radius 1 is 1.30 bits per heavy atom. The quantitative estimate of drug-likeness (QED) is 0.790. The van der Waals surface area contributed by atoms with Crippen LogP contribution in [-0.2, 0) is 15.9 Å². The van der Waals surface area contributed by atoms with Crippen molar-refractivity contribution in [3.8, 4) is 0 Å². The molecule has 0 spiro atoms. The Bertz CT molecular complexity index is 242. The predicted molar refractivity (Wildman–Crippen MR) is 40.2 cm³/mol. The second-order valence-corrected chi connectivity index (χ2v) is 3.33. The summed E-state index contributed by atoms with van der Waals surface area (Å²) in [4.78, 5) is 0. The van der Waals surface area contributed by atoms with Crippen molar-refractivity contribution in [3.05, 3.63) is 34.3 Å². The van der Waals surface area contributed by atoms with Gasteiger partial charge in [-0.2, -0.15) is 0 Å². The Morgan fingerprint density at radius 3 is 2.20 bits per heavy atom. The van der Waals surface area contributed by atoms with Gasteiger partial charge < -0.3 is 0 Å². The van der Waals surface area contributed by atoms with E-state index in [9.17, 15) is 0 Å². The van der Waals surface area contributed by atoms with Gasteiger partial charge >= 0.3 is 75.8 Å². The van der Waals surface area contributed by atoms with Crippen LogP contribution in [0.1, 0.15) is 5.56 Å². The van der Waals surface area contributed by atoms with Crippen LogP contribution in [-0.4, -0.2) is 9.67 Å². The van der Waals surface area contributed by atoms with Crippen LogP contribution in [0, 0.1) is 0 Å². The SMILES string of the molecule is O[C](=[Cr])c1ccc(Br)cc1. The molecule has 52 valence electrons. The number of aliphatic hydroxyl groups excluding tert-OH is 1. The van der Waals surface area contributed by atoms with E-state index in [1.165, 1.54) is 0 Å². The van der Waals surface area contributed by atoms with Gasteiger partial charge in [0.05, 0.1) is 0 Å². The summed E-state index contributed by atoms with van der Waals surface area (Å²) in [6.45, 7) is 0. The van der Waals surface area contributed by atoms with Crippen LogP contribution in [0.15, 0.2) is 28.7 Å². The Kier molecular flexibility index (Phi) is 2.82. The molecule has 1 rings (SSSR count). The molecular formula is C7H5BrCrO. The second kappa shape index (κ2) is 3.45. The maximum atomic E-state index is 8.96. The van der Waals surface area contributed by atoms with Crippen molar-refractivity contribution in [3.63, 3.8) is 0 Å². The van der Waals surface area contributed by atoms with Gasteiger partial charge in [0, 0.05) is 0 Å². The van der Waals surface area contributed by atoms with E-state index in [1.54, 1.807) is 0 Å². The summed E-state index contributed by atoms with van der Waals surface area (Å²) in [5.74, 6) is 0. The number of hydrogen-bond acceptors (Lipinski definition) is 1. The van der Waals surface area contributed by atoms with E-state index in [1.807, 2.05) is 24.3 Å². The molecule has 0 aliphatic carbocycles. The first kappa shape index (κ1) is 8.16. The van der Waals surface area contributed by atoms with Crippen LogP contribution >= 0.6 is 15.9 Å². The molecular weight excluding hydrogens is 232 g/mol. The van der Waals surface area contributed by atoms with E-state index in [2.05, 4.69) is 31.8 Å². The topological polar surface area (TPSA) is 20.2 Å². The van der Waals surface area contributed by atoms with Crippen molar-refractivity contribution in [1.82, 2.24) is 0 Å². The molecule has 1 aromatic rings. The molecule has 10 heavy (non-hydrogen) atoms. The summed E-state index contributed by atoms with van der Waals surface area (Å²) in [6.07, 6.45) is 0. The van der Waals surface area contributed by atoms with Crippen molar-refractivity contribution < 1.29 is 21.0 Å². The Labute approximate surface area is 75.8 Å². The molecule has 0 fully saturated rings. The fraction of sp³-hybridized carbons (Fsp3) is 0. The molecule has 1 N–H and O–H groups in total. The van der Waals surface area contributed by atoms with E-state index < -0.39 is 0 Å². The normalized spacial score (nSPS) is 9.40. The summed E-state index contributed by atoms with van der Waals surface area (Å²) < 4.78 is 1.24. The molecule has 0 saturated carbocycles. The van der Waals surface area contributed by atoms with Crippen LogP contribution < -0.4 is 0 Å². The van der Waals surface area contributed by atoms with E-state index >= 15 is 0 Å². The average molecular weight is 237 g/mol. The molecule has 1 aromatic carbocycles. The van der Waals surface area contributed by atoms with Gasteiger partial charge in [-0.15, -0.1) is 0 Å². The van der Waals surface area contributed by atoms with E-state index in [0.29, 0.717) is 0 Å². The first-order valence-electron chi connectivity index (χ1n) is 2.69. The number of halogens is 1. The molecule has 0 atom stereocenters. The zero-order chi connectivity index (χ0) is 7.56. The summed E-state index contributed by atoms with van der Waals surface area (Å²) >= 11 is 5.83. The Morgan fingerprint density at radius 2 is 1.80 bits per heavy atom. The summed E-state index contributed by atoms with van der Waals surface area (Å²) in [5.41, 5.74) is 0.809. The first-order chi connectivity index (χ1) is 4.70. The van der Waals surface area contributed by atoms with Crippen LogP contribution in [0.4, 0.5) is 0 Å². The minimum absolute atomic E-state index is 0.229. The average Bonchev–Trinajstić information content (AvgIpc) is 1.88. The van der Waals surface area contributed by atoms with Crippen molar-refractivity contribution in [2.24, 2.45) is 0 Å². The zero-order valence-electron chi connectivity index (χ0n) is 5.04. The third-order valence-corrected chi connectivity index (χ3v) is 1.99. The van der Waals surface area contributed by atoms with Gasteiger partial charge in [-0.25, -0.2) is 0 Å². The second-order valence-electron chi connectivity index (χ2n) is 1.81. The molecule has 0 saturated heterocycles. The molecule has 0 bridgehead atoms. The molecule has 0 unspecified atom stereocenters. The maximum absolute atomic E-state index is 8.96. The molecule has 0 aliphatic heterocycles. The van der Waals surface area contributed by atoms with Gasteiger partial charge in [0.1, 0.15) is 0 Å². The number of aliphatic hydroxyl groups is 1. The van der Waals surface area contributed by atoms with Gasteiger partial charge in [0.25, 0.3) is 0 Å². The van der Waals surface area contributed by atoms with E-state index in [4.69, 9.17) is 5.11 Å². The van der Waals surface area contributed by atoms with Gasteiger partial charge in [0.15, 0.2) is 0 Å². The van der Waals surface area contributed by atoms with E-state index in [-0.39, 0.29) is 4.57 Å². The number of benzene rings is 1. The first-order valence-corrected chi connectivity index (χ1v) is 4.12. The van der Waals surface area contributed by atoms with Crippen LogP contribution in [0.25, 0.3) is 0 Å². The molecule has 0 amide bonds. The molecule has 0 heterocycles. The molecule has 1 nitrogen and oxygen atoms in total. The van der Waals surface area contributed by atoms with Gasteiger partial charge in [-0.1, -0.05) is 0 Å². The third-order valence-electron chi connectivity index (χ3n) is 1.09. The fourth-order valence-corrected chi connectivity index (χ4v) is 1.07. The third kappa shape index (κ3) is 2.03. The van der Waals surface area contributed by atoms with Crippen LogP contribution in [0.2, 0.25) is 0 Å². The fourth-order valence-electron chi connectivity index (χ4n) is 0.592.